The third-order valence-electron chi connectivity index (χ3n) is 5.11. The summed E-state index contributed by atoms with van der Waals surface area (Å²) in [7, 11) is 1.83. The van der Waals surface area contributed by atoms with Crippen molar-refractivity contribution in [2.75, 3.05) is 26.7 Å². The van der Waals surface area contributed by atoms with Gasteiger partial charge in [0.15, 0.2) is 5.96 Å². The van der Waals surface area contributed by atoms with E-state index >= 15 is 0 Å². The number of pyridine rings is 1. The van der Waals surface area contributed by atoms with E-state index < -0.39 is 0 Å². The molecule has 26 heavy (non-hydrogen) atoms. The van der Waals surface area contributed by atoms with Gasteiger partial charge < -0.3 is 19.4 Å². The van der Waals surface area contributed by atoms with Crippen molar-refractivity contribution in [2.45, 2.75) is 38.3 Å². The molecule has 1 N–H and O–H groups in total. The third-order valence-corrected chi connectivity index (χ3v) is 5.33. The molecule has 0 aromatic carbocycles. The lowest BCUT2D eigenvalue weighted by Gasteiger charge is -2.34. The van der Waals surface area contributed by atoms with Gasteiger partial charge in [-0.25, -0.2) is 4.98 Å². The topological polar surface area (TPSA) is 54.2 Å². The SMILES string of the molecule is CN=C(NCc1cn2cc(Cl)ccc2n1)N1CCC(OCC2CC2)CC1. The zero-order valence-corrected chi connectivity index (χ0v) is 16.0. The van der Waals surface area contributed by atoms with Crippen molar-refractivity contribution < 1.29 is 4.74 Å². The molecule has 7 heteroatoms. The minimum atomic E-state index is 0.410. The fourth-order valence-corrected chi connectivity index (χ4v) is 3.56. The molecule has 1 saturated carbocycles. The number of hydrogen-bond acceptors (Lipinski definition) is 3. The van der Waals surface area contributed by atoms with Crippen LogP contribution in [0.3, 0.4) is 0 Å². The van der Waals surface area contributed by atoms with Crippen LogP contribution in [0.5, 0.6) is 0 Å². The molecule has 3 heterocycles. The van der Waals surface area contributed by atoms with Crippen molar-refractivity contribution in [1.82, 2.24) is 19.6 Å². The van der Waals surface area contributed by atoms with E-state index in [2.05, 4.69) is 20.2 Å². The Balaban J connectivity index is 1.28. The quantitative estimate of drug-likeness (QED) is 0.644. The fraction of sp³-hybridized carbons (Fsp3) is 0.579. The highest BCUT2D eigenvalue weighted by molar-refractivity contribution is 6.30. The second-order valence-corrected chi connectivity index (χ2v) is 7.65. The van der Waals surface area contributed by atoms with Crippen molar-refractivity contribution in [3.05, 3.63) is 35.2 Å². The molecule has 1 aliphatic heterocycles. The maximum Gasteiger partial charge on any atom is 0.193 e. The van der Waals surface area contributed by atoms with Crippen LogP contribution in [0.4, 0.5) is 0 Å². The Bertz CT molecular complexity index is 777. The lowest BCUT2D eigenvalue weighted by atomic mass is 10.1. The molecule has 0 unspecified atom stereocenters. The van der Waals surface area contributed by atoms with Gasteiger partial charge >= 0.3 is 0 Å². The van der Waals surface area contributed by atoms with Crippen LogP contribution < -0.4 is 5.32 Å². The van der Waals surface area contributed by atoms with E-state index in [0.29, 0.717) is 17.7 Å². The number of likely N-dealkylation sites (tertiary alicyclic amines) is 1. The van der Waals surface area contributed by atoms with Gasteiger partial charge in [-0.3, -0.25) is 4.99 Å². The van der Waals surface area contributed by atoms with E-state index in [1.807, 2.05) is 36.0 Å². The zero-order chi connectivity index (χ0) is 17.9. The highest BCUT2D eigenvalue weighted by Gasteiger charge is 2.26. The van der Waals surface area contributed by atoms with Crippen molar-refractivity contribution >= 4 is 23.2 Å². The van der Waals surface area contributed by atoms with Crippen LogP contribution in [-0.4, -0.2) is 53.1 Å². The summed E-state index contributed by atoms with van der Waals surface area (Å²) in [5, 5.41) is 4.14. The van der Waals surface area contributed by atoms with Crippen LogP contribution >= 0.6 is 11.6 Å². The Labute approximate surface area is 159 Å². The van der Waals surface area contributed by atoms with E-state index in [0.717, 1.165) is 55.8 Å². The van der Waals surface area contributed by atoms with Crippen molar-refractivity contribution in [1.29, 1.82) is 0 Å². The zero-order valence-electron chi connectivity index (χ0n) is 15.2. The van der Waals surface area contributed by atoms with Gasteiger partial charge in [-0.15, -0.1) is 0 Å². The minimum Gasteiger partial charge on any atom is -0.378 e. The summed E-state index contributed by atoms with van der Waals surface area (Å²) in [6, 6.07) is 3.78. The number of nitrogens with zero attached hydrogens (tertiary/aromatic N) is 4. The number of aliphatic imine (C=N–C) groups is 1. The molecule has 0 spiro atoms. The normalized spacial score (nSPS) is 19.3. The summed E-state index contributed by atoms with van der Waals surface area (Å²) >= 11 is 6.03. The third kappa shape index (κ3) is 4.30. The summed E-state index contributed by atoms with van der Waals surface area (Å²) in [6.45, 7) is 3.56. The minimum absolute atomic E-state index is 0.410. The fourth-order valence-electron chi connectivity index (χ4n) is 3.40. The summed E-state index contributed by atoms with van der Waals surface area (Å²) in [5.74, 6) is 1.77. The first-order chi connectivity index (χ1) is 12.7. The molecule has 4 rings (SSSR count). The number of piperidine rings is 1. The Kier molecular flexibility index (Phi) is 5.31. The molecule has 2 fully saturated rings. The van der Waals surface area contributed by atoms with Crippen LogP contribution in [0.1, 0.15) is 31.4 Å². The smallest absolute Gasteiger partial charge is 0.193 e. The average Bonchev–Trinajstić information content (AvgIpc) is 3.40. The average molecular weight is 376 g/mol. The summed E-state index contributed by atoms with van der Waals surface area (Å²) in [6.07, 6.45) is 9.12. The van der Waals surface area contributed by atoms with Crippen molar-refractivity contribution in [3.8, 4) is 0 Å². The standard InChI is InChI=1S/C19H26ClN5O/c1-21-19(24-8-6-17(7-9-24)26-13-14-2-3-14)22-10-16-12-25-11-15(20)4-5-18(25)23-16/h4-5,11-12,14,17H,2-3,6-10,13H2,1H3,(H,21,22). The second kappa shape index (κ2) is 7.84. The number of ether oxygens (including phenoxy) is 1. The van der Waals surface area contributed by atoms with Gasteiger partial charge in [-0.2, -0.15) is 0 Å². The molecule has 2 aromatic heterocycles. The predicted octanol–water partition coefficient (Wildman–Crippen LogP) is 2.95. The van der Waals surface area contributed by atoms with E-state index in [-0.39, 0.29) is 0 Å². The number of guanidine groups is 1. The highest BCUT2D eigenvalue weighted by atomic mass is 35.5. The molecular formula is C19H26ClN5O. The van der Waals surface area contributed by atoms with Crippen molar-refractivity contribution in [2.24, 2.45) is 10.9 Å². The van der Waals surface area contributed by atoms with Gasteiger partial charge in [0.2, 0.25) is 0 Å². The lowest BCUT2D eigenvalue weighted by Crippen LogP contribution is -2.46. The molecule has 2 aromatic rings. The molecule has 0 bridgehead atoms. The van der Waals surface area contributed by atoms with Crippen LogP contribution in [0.15, 0.2) is 29.5 Å². The summed E-state index contributed by atoms with van der Waals surface area (Å²) in [5.41, 5.74) is 1.87. The summed E-state index contributed by atoms with van der Waals surface area (Å²) < 4.78 is 7.98. The maximum absolute atomic E-state index is 6.03. The number of imidazole rings is 1. The maximum atomic E-state index is 6.03. The number of aromatic nitrogens is 2. The summed E-state index contributed by atoms with van der Waals surface area (Å²) in [4.78, 5) is 11.4. The van der Waals surface area contributed by atoms with Gasteiger partial charge in [-0.05, 0) is 43.7 Å². The van der Waals surface area contributed by atoms with Crippen LogP contribution in [0.25, 0.3) is 5.65 Å². The first kappa shape index (κ1) is 17.6. The molecule has 0 amide bonds. The Morgan fingerprint density at radius 2 is 2.08 bits per heavy atom. The number of halogens is 1. The van der Waals surface area contributed by atoms with E-state index in [9.17, 15) is 0 Å². The predicted molar refractivity (Wildman–Crippen MR) is 104 cm³/mol. The Morgan fingerprint density at radius 1 is 1.27 bits per heavy atom. The van der Waals surface area contributed by atoms with Crippen molar-refractivity contribution in [3.63, 3.8) is 0 Å². The number of rotatable bonds is 5. The molecule has 1 aliphatic carbocycles. The van der Waals surface area contributed by atoms with Crippen LogP contribution in [-0.2, 0) is 11.3 Å². The Morgan fingerprint density at radius 3 is 2.81 bits per heavy atom. The highest BCUT2D eigenvalue weighted by Crippen LogP contribution is 2.30. The molecule has 0 atom stereocenters. The molecule has 2 aliphatic rings. The molecular weight excluding hydrogens is 350 g/mol. The molecule has 140 valence electrons. The first-order valence-electron chi connectivity index (χ1n) is 9.41. The van der Waals surface area contributed by atoms with E-state index in [1.54, 1.807) is 0 Å². The monoisotopic (exact) mass is 375 g/mol. The lowest BCUT2D eigenvalue weighted by molar-refractivity contribution is 0.0131. The van der Waals surface area contributed by atoms with Crippen LogP contribution in [0, 0.1) is 5.92 Å². The number of fused-ring (bicyclic) bond motifs is 1. The molecule has 6 nitrogen and oxygen atoms in total. The largest absolute Gasteiger partial charge is 0.378 e. The molecule has 0 radical (unpaired) electrons. The Hall–Kier alpha value is -1.79. The van der Waals surface area contributed by atoms with Crippen LogP contribution in [0.2, 0.25) is 5.02 Å². The van der Waals surface area contributed by atoms with Gasteiger partial charge in [-0.1, -0.05) is 11.6 Å². The van der Waals surface area contributed by atoms with Gasteiger partial charge in [0.05, 0.1) is 23.4 Å². The molecule has 1 saturated heterocycles. The second-order valence-electron chi connectivity index (χ2n) is 7.21. The number of nitrogens with one attached hydrogen (secondary N) is 1. The first-order valence-corrected chi connectivity index (χ1v) is 9.79. The van der Waals surface area contributed by atoms with E-state index in [1.165, 1.54) is 12.8 Å². The van der Waals surface area contributed by atoms with Gasteiger partial charge in [0, 0.05) is 39.1 Å². The number of hydrogen-bond donors (Lipinski definition) is 1. The van der Waals surface area contributed by atoms with Gasteiger partial charge in [0.25, 0.3) is 0 Å². The van der Waals surface area contributed by atoms with Gasteiger partial charge in [0.1, 0.15) is 5.65 Å². The van der Waals surface area contributed by atoms with E-state index in [4.69, 9.17) is 16.3 Å².